The first-order valence-electron chi connectivity index (χ1n) is 3.52. The lowest BCUT2D eigenvalue weighted by Gasteiger charge is -1.80. The predicted molar refractivity (Wildman–Crippen MR) is 56.8 cm³/mol. The van der Waals surface area contributed by atoms with E-state index in [-0.39, 0.29) is 0 Å². The Hall–Kier alpha value is -0.710. The number of fused-ring (bicyclic) bond motifs is 1. The highest BCUT2D eigenvalue weighted by Crippen LogP contribution is 2.12. The minimum atomic E-state index is -3.72. The van der Waals surface area contributed by atoms with Crippen molar-refractivity contribution in [2.24, 2.45) is 0 Å². The number of hydrogen-bond donors (Lipinski definition) is 0. The standard InChI is InChI=1S/C8H6O.Cl2O2S/c1-2-4-8-6-9-5-7(8)3-1;1-5(2,3)4/h1-6H;. The molecule has 0 N–H and O–H groups in total. The van der Waals surface area contributed by atoms with E-state index in [0.29, 0.717) is 0 Å². The molecule has 0 saturated carbocycles. The Kier molecular flexibility index (Phi) is 3.80. The summed E-state index contributed by atoms with van der Waals surface area (Å²) in [4.78, 5) is 0. The van der Waals surface area contributed by atoms with Crippen LogP contribution in [0.1, 0.15) is 0 Å². The highest BCUT2D eigenvalue weighted by atomic mass is 36.0. The van der Waals surface area contributed by atoms with Gasteiger partial charge in [0.2, 0.25) is 0 Å². The molecule has 0 spiro atoms. The molecule has 14 heavy (non-hydrogen) atoms. The summed E-state index contributed by atoms with van der Waals surface area (Å²) >= 11 is 0. The van der Waals surface area contributed by atoms with Gasteiger partial charge in [-0.15, -0.1) is 0 Å². The van der Waals surface area contributed by atoms with E-state index in [2.05, 4.69) is 21.4 Å². The summed E-state index contributed by atoms with van der Waals surface area (Å²) in [6.45, 7) is 0. The van der Waals surface area contributed by atoms with Crippen LogP contribution in [0, 0.1) is 0 Å². The minimum absolute atomic E-state index is 1.16. The molecule has 6 heteroatoms. The second-order valence-corrected chi connectivity index (χ2v) is 6.05. The van der Waals surface area contributed by atoms with Crippen molar-refractivity contribution in [1.82, 2.24) is 0 Å². The fourth-order valence-corrected chi connectivity index (χ4v) is 0.906. The van der Waals surface area contributed by atoms with Crippen molar-refractivity contribution in [3.63, 3.8) is 0 Å². The van der Waals surface area contributed by atoms with Gasteiger partial charge in [-0.3, -0.25) is 0 Å². The first-order chi connectivity index (χ1) is 6.47. The average molecular weight is 253 g/mol. The second-order valence-electron chi connectivity index (χ2n) is 2.38. The van der Waals surface area contributed by atoms with Crippen LogP contribution in [-0.2, 0) is 8.26 Å². The van der Waals surface area contributed by atoms with E-state index in [1.807, 2.05) is 24.3 Å². The summed E-state index contributed by atoms with van der Waals surface area (Å²) in [6, 6.07) is 8.05. The molecule has 3 nitrogen and oxygen atoms in total. The Morgan fingerprint density at radius 2 is 1.36 bits per heavy atom. The van der Waals surface area contributed by atoms with Crippen molar-refractivity contribution in [2.45, 2.75) is 0 Å². The molecule has 0 amide bonds. The third-order valence-electron chi connectivity index (χ3n) is 1.39. The third-order valence-corrected chi connectivity index (χ3v) is 1.39. The van der Waals surface area contributed by atoms with Gasteiger partial charge in [0.1, 0.15) is 0 Å². The van der Waals surface area contributed by atoms with E-state index in [4.69, 9.17) is 12.8 Å². The lowest BCUT2D eigenvalue weighted by atomic mass is 10.2. The van der Waals surface area contributed by atoms with E-state index in [1.54, 1.807) is 12.5 Å². The molecule has 0 aliphatic carbocycles. The smallest absolute Gasteiger partial charge is 0.317 e. The Morgan fingerprint density at radius 1 is 1.00 bits per heavy atom. The second kappa shape index (κ2) is 4.68. The minimum Gasteiger partial charge on any atom is -0.471 e. The van der Waals surface area contributed by atoms with E-state index >= 15 is 0 Å². The van der Waals surface area contributed by atoms with Gasteiger partial charge in [0.25, 0.3) is 0 Å². The van der Waals surface area contributed by atoms with Crippen molar-refractivity contribution in [3.05, 3.63) is 36.8 Å². The lowest BCUT2D eigenvalue weighted by Crippen LogP contribution is -1.63. The molecule has 0 atom stereocenters. The van der Waals surface area contributed by atoms with Gasteiger partial charge in [0.15, 0.2) is 0 Å². The monoisotopic (exact) mass is 252 g/mol. The Bertz CT molecular complexity index is 466. The topological polar surface area (TPSA) is 47.3 Å². The molecule has 2 rings (SSSR count). The van der Waals surface area contributed by atoms with Crippen molar-refractivity contribution < 1.29 is 12.8 Å². The maximum Gasteiger partial charge on any atom is 0.317 e. The van der Waals surface area contributed by atoms with E-state index in [1.165, 1.54) is 0 Å². The van der Waals surface area contributed by atoms with Gasteiger partial charge in [-0.05, 0) is 0 Å². The molecule has 0 saturated heterocycles. The van der Waals surface area contributed by atoms with Crippen LogP contribution < -0.4 is 0 Å². The van der Waals surface area contributed by atoms with Gasteiger partial charge in [-0.1, -0.05) is 24.3 Å². The summed E-state index contributed by atoms with van der Waals surface area (Å²) in [5, 5.41) is 2.33. The molecule has 1 heterocycles. The zero-order valence-electron chi connectivity index (χ0n) is 6.85. The van der Waals surface area contributed by atoms with Gasteiger partial charge in [0.05, 0.1) is 12.5 Å². The zero-order chi connectivity index (χ0) is 10.6. The van der Waals surface area contributed by atoms with Gasteiger partial charge in [-0.25, -0.2) is 0 Å². The van der Waals surface area contributed by atoms with Gasteiger partial charge in [0, 0.05) is 32.1 Å². The molecule has 2 aromatic rings. The Balaban J connectivity index is 0.000000171. The van der Waals surface area contributed by atoms with Crippen molar-refractivity contribution in [1.29, 1.82) is 0 Å². The number of furan rings is 1. The molecular weight excluding hydrogens is 247 g/mol. The van der Waals surface area contributed by atoms with Crippen LogP contribution in [0.3, 0.4) is 0 Å². The number of benzene rings is 1. The maximum atomic E-state index is 9.16. The SMILES string of the molecule is O=S(=O)(Cl)Cl.c1ccc2cocc2c1. The normalized spacial score (nSPS) is 10.7. The molecule has 0 aliphatic heterocycles. The molecule has 1 aromatic carbocycles. The number of rotatable bonds is 0. The molecule has 0 bridgehead atoms. The fraction of sp³-hybridized carbons (Fsp3) is 0. The molecule has 1 aromatic heterocycles. The highest BCUT2D eigenvalue weighted by molar-refractivity contribution is 8.31. The predicted octanol–water partition coefficient (Wildman–Crippen LogP) is 3.14. The highest BCUT2D eigenvalue weighted by Gasteiger charge is 1.89. The Morgan fingerprint density at radius 3 is 1.71 bits per heavy atom. The van der Waals surface area contributed by atoms with E-state index in [0.717, 1.165) is 10.8 Å². The van der Waals surface area contributed by atoms with Crippen LogP contribution in [0.25, 0.3) is 10.8 Å². The number of hydrogen-bond acceptors (Lipinski definition) is 3. The molecule has 0 aliphatic rings. The Labute approximate surface area is 90.2 Å². The summed E-state index contributed by atoms with van der Waals surface area (Å²) in [5.41, 5.74) is 0. The van der Waals surface area contributed by atoms with Crippen molar-refractivity contribution >= 4 is 40.4 Å². The van der Waals surface area contributed by atoms with Gasteiger partial charge < -0.3 is 4.42 Å². The maximum absolute atomic E-state index is 9.16. The van der Waals surface area contributed by atoms with Crippen LogP contribution in [0.4, 0.5) is 0 Å². The fourth-order valence-electron chi connectivity index (χ4n) is 0.906. The van der Waals surface area contributed by atoms with Crippen LogP contribution in [0.5, 0.6) is 0 Å². The van der Waals surface area contributed by atoms with Crippen LogP contribution in [0.2, 0.25) is 0 Å². The van der Waals surface area contributed by atoms with Crippen LogP contribution >= 0.6 is 21.4 Å². The molecule has 0 radical (unpaired) electrons. The molecule has 76 valence electrons. The van der Waals surface area contributed by atoms with Crippen LogP contribution in [0.15, 0.2) is 41.2 Å². The van der Waals surface area contributed by atoms with Crippen molar-refractivity contribution in [2.75, 3.05) is 0 Å². The summed E-state index contributed by atoms with van der Waals surface area (Å²) in [7, 11) is 4.81. The lowest BCUT2D eigenvalue weighted by molar-refractivity contribution is 0.572. The molecule has 0 unspecified atom stereocenters. The summed E-state index contributed by atoms with van der Waals surface area (Å²) in [5.74, 6) is 0. The first kappa shape index (κ1) is 11.4. The van der Waals surface area contributed by atoms with E-state index in [9.17, 15) is 0 Å². The number of halogens is 2. The zero-order valence-corrected chi connectivity index (χ0v) is 9.18. The van der Waals surface area contributed by atoms with Crippen molar-refractivity contribution in [3.8, 4) is 0 Å². The average Bonchev–Trinajstić information content (AvgIpc) is 2.47. The largest absolute Gasteiger partial charge is 0.471 e. The van der Waals surface area contributed by atoms with Gasteiger partial charge >= 0.3 is 8.26 Å². The van der Waals surface area contributed by atoms with Gasteiger partial charge in [-0.2, -0.15) is 8.42 Å². The third kappa shape index (κ3) is 4.50. The first-order valence-corrected chi connectivity index (χ1v) is 6.65. The molecular formula is C8H6Cl2O3S. The molecule has 0 fully saturated rings. The van der Waals surface area contributed by atoms with E-state index < -0.39 is 8.26 Å². The van der Waals surface area contributed by atoms with Crippen LogP contribution in [-0.4, -0.2) is 8.42 Å². The summed E-state index contributed by atoms with van der Waals surface area (Å²) < 4.78 is 23.3. The summed E-state index contributed by atoms with van der Waals surface area (Å²) in [6.07, 6.45) is 3.49. The quantitative estimate of drug-likeness (QED) is 0.677.